The van der Waals surface area contributed by atoms with E-state index in [1.54, 1.807) is 6.08 Å². The predicted molar refractivity (Wildman–Crippen MR) is 60.7 cm³/mol. The molecule has 17 heavy (non-hydrogen) atoms. The fraction of sp³-hybridized carbons (Fsp3) is 0.727. The number of allylic oxidation sites excluding steroid dienone is 1. The van der Waals surface area contributed by atoms with Crippen LogP contribution in [0.15, 0.2) is 12.3 Å². The van der Waals surface area contributed by atoms with Crippen LogP contribution in [-0.4, -0.2) is 16.0 Å². The molecule has 6 heteroatoms. The zero-order chi connectivity index (χ0) is 12.2. The Labute approximate surface area is 117 Å². The Morgan fingerprint density at radius 2 is 1.65 bits per heavy atom. The number of nitrogens with zero attached hydrogens (tertiary/aromatic N) is 1. The zero-order valence-corrected chi connectivity index (χ0v) is 11.2. The Morgan fingerprint density at radius 1 is 1.12 bits per heavy atom. The van der Waals surface area contributed by atoms with E-state index in [0.717, 1.165) is 51.1 Å². The number of carboxylic acid groups (broad SMARTS) is 1. The van der Waals surface area contributed by atoms with Crippen molar-refractivity contribution in [3.63, 3.8) is 0 Å². The van der Waals surface area contributed by atoms with Crippen LogP contribution in [0, 0.1) is 10.1 Å². The summed E-state index contributed by atoms with van der Waals surface area (Å²) in [5, 5.41) is 18.3. The van der Waals surface area contributed by atoms with Gasteiger partial charge >= 0.3 is 5.97 Å². The summed E-state index contributed by atoms with van der Waals surface area (Å²) in [4.78, 5) is 19.7. The van der Waals surface area contributed by atoms with Gasteiger partial charge in [0, 0.05) is 28.8 Å². The normalized spacial score (nSPS) is 10.1. The van der Waals surface area contributed by atoms with Crippen molar-refractivity contribution in [1.82, 2.24) is 0 Å². The van der Waals surface area contributed by atoms with Crippen molar-refractivity contribution >= 4 is 5.97 Å². The Morgan fingerprint density at radius 3 is 2.18 bits per heavy atom. The molecule has 1 radical (unpaired) electrons. The minimum Gasteiger partial charge on any atom is -0.481 e. The predicted octanol–water partition coefficient (Wildman–Crippen LogP) is 2.98. The average Bonchev–Trinajstić information content (AvgIpc) is 2.20. The number of rotatable bonds is 10. The number of carboxylic acids is 1. The molecule has 0 aromatic carbocycles. The molecule has 0 atom stereocenters. The SMILES string of the molecule is O=C(O)CCCCCCCCC=C[N+](=O)[O-].[Ag]. The summed E-state index contributed by atoms with van der Waals surface area (Å²) in [6.07, 6.45) is 9.39. The molecule has 0 saturated carbocycles. The first-order chi connectivity index (χ1) is 7.63. The van der Waals surface area contributed by atoms with E-state index in [1.165, 1.54) is 0 Å². The first-order valence-electron chi connectivity index (χ1n) is 5.65. The second-order valence-corrected chi connectivity index (χ2v) is 3.72. The summed E-state index contributed by atoms with van der Waals surface area (Å²) in [6, 6.07) is 0. The van der Waals surface area contributed by atoms with E-state index in [9.17, 15) is 14.9 Å². The van der Waals surface area contributed by atoms with Gasteiger partial charge in [0.1, 0.15) is 0 Å². The van der Waals surface area contributed by atoms with Gasteiger partial charge in [0.25, 0.3) is 0 Å². The molecule has 0 aromatic rings. The van der Waals surface area contributed by atoms with Crippen LogP contribution in [0.3, 0.4) is 0 Å². The number of hydrogen-bond acceptors (Lipinski definition) is 3. The Balaban J connectivity index is 0. The van der Waals surface area contributed by atoms with Crippen molar-refractivity contribution in [3.05, 3.63) is 22.4 Å². The topological polar surface area (TPSA) is 80.4 Å². The second kappa shape index (κ2) is 13.4. The summed E-state index contributed by atoms with van der Waals surface area (Å²) in [7, 11) is 0. The van der Waals surface area contributed by atoms with Crippen LogP contribution in [-0.2, 0) is 27.2 Å². The molecule has 0 bridgehead atoms. The van der Waals surface area contributed by atoms with Crippen molar-refractivity contribution in [2.45, 2.75) is 51.4 Å². The number of hydrogen-bond donors (Lipinski definition) is 1. The largest absolute Gasteiger partial charge is 0.481 e. The minimum absolute atomic E-state index is 0. The molecule has 0 aromatic heterocycles. The van der Waals surface area contributed by atoms with Crippen molar-refractivity contribution in [1.29, 1.82) is 0 Å². The maximum absolute atomic E-state index is 10.2. The van der Waals surface area contributed by atoms with Gasteiger partial charge in [0.05, 0.1) is 4.92 Å². The van der Waals surface area contributed by atoms with E-state index < -0.39 is 10.9 Å². The number of nitro groups is 1. The zero-order valence-electron chi connectivity index (χ0n) is 9.73. The summed E-state index contributed by atoms with van der Waals surface area (Å²) in [5.74, 6) is -0.732. The third kappa shape index (κ3) is 17.9. The summed E-state index contributed by atoms with van der Waals surface area (Å²) < 4.78 is 0. The maximum atomic E-state index is 10.2. The van der Waals surface area contributed by atoms with Gasteiger partial charge in [-0.1, -0.05) is 25.7 Å². The molecule has 0 aliphatic heterocycles. The Bertz CT molecular complexity index is 244. The van der Waals surface area contributed by atoms with E-state index in [2.05, 4.69) is 0 Å². The molecule has 0 saturated heterocycles. The monoisotopic (exact) mass is 336 g/mol. The van der Waals surface area contributed by atoms with Gasteiger partial charge < -0.3 is 5.11 Å². The van der Waals surface area contributed by atoms with Crippen LogP contribution >= 0.6 is 0 Å². The molecular weight excluding hydrogens is 318 g/mol. The first-order valence-corrected chi connectivity index (χ1v) is 5.65. The van der Waals surface area contributed by atoms with Crippen molar-refractivity contribution < 1.29 is 37.2 Å². The molecule has 0 spiro atoms. The van der Waals surface area contributed by atoms with Gasteiger partial charge in [-0.2, -0.15) is 0 Å². The van der Waals surface area contributed by atoms with Gasteiger partial charge in [-0.05, 0) is 25.3 Å². The Kier molecular flexibility index (Phi) is 14.8. The molecule has 1 N–H and O–H groups in total. The Hall–Kier alpha value is -0.650. The molecular formula is C11H19AgNO4. The minimum atomic E-state index is -0.732. The van der Waals surface area contributed by atoms with E-state index in [4.69, 9.17) is 5.11 Å². The number of aliphatic carboxylic acids is 1. The molecule has 0 aliphatic carbocycles. The molecule has 0 amide bonds. The smallest absolute Gasteiger partial charge is 0.303 e. The van der Waals surface area contributed by atoms with Crippen molar-refractivity contribution in [2.75, 3.05) is 0 Å². The molecule has 0 fully saturated rings. The second-order valence-electron chi connectivity index (χ2n) is 3.72. The van der Waals surface area contributed by atoms with Gasteiger partial charge in [0.2, 0.25) is 6.20 Å². The summed E-state index contributed by atoms with van der Waals surface area (Å²) in [5.41, 5.74) is 0. The van der Waals surface area contributed by atoms with Crippen LogP contribution in [0.5, 0.6) is 0 Å². The van der Waals surface area contributed by atoms with Crippen molar-refractivity contribution in [3.8, 4) is 0 Å². The van der Waals surface area contributed by atoms with E-state index in [1.807, 2.05) is 0 Å². The fourth-order valence-corrected chi connectivity index (χ4v) is 1.41. The van der Waals surface area contributed by atoms with Gasteiger partial charge in [0.15, 0.2) is 0 Å². The molecule has 0 aliphatic rings. The maximum Gasteiger partial charge on any atom is 0.303 e. The van der Waals surface area contributed by atoms with E-state index in [-0.39, 0.29) is 28.8 Å². The molecule has 0 unspecified atom stereocenters. The number of unbranched alkanes of at least 4 members (excludes halogenated alkanes) is 6. The fourth-order valence-electron chi connectivity index (χ4n) is 1.41. The molecule has 5 nitrogen and oxygen atoms in total. The van der Waals surface area contributed by atoms with Crippen LogP contribution < -0.4 is 0 Å². The van der Waals surface area contributed by atoms with Crippen LogP contribution in [0.4, 0.5) is 0 Å². The molecule has 103 valence electrons. The average molecular weight is 337 g/mol. The molecule has 0 rings (SSSR count). The van der Waals surface area contributed by atoms with E-state index >= 15 is 0 Å². The van der Waals surface area contributed by atoms with Crippen molar-refractivity contribution in [2.24, 2.45) is 0 Å². The van der Waals surface area contributed by atoms with Crippen LogP contribution in [0.2, 0.25) is 0 Å². The van der Waals surface area contributed by atoms with Crippen LogP contribution in [0.1, 0.15) is 51.4 Å². The van der Waals surface area contributed by atoms with E-state index in [0.29, 0.717) is 0 Å². The standard InChI is InChI=1S/C11H19NO4.Ag/c13-11(14)9-7-5-3-1-2-4-6-8-10-12(15)16;/h8,10H,1-7,9H2,(H,13,14);. The third-order valence-electron chi connectivity index (χ3n) is 2.24. The quantitative estimate of drug-likeness (QED) is 0.288. The molecule has 0 heterocycles. The third-order valence-corrected chi connectivity index (χ3v) is 2.24. The first kappa shape index (κ1) is 18.7. The van der Waals surface area contributed by atoms with Crippen LogP contribution in [0.25, 0.3) is 0 Å². The number of carbonyl (C=O) groups is 1. The van der Waals surface area contributed by atoms with Gasteiger partial charge in [-0.25, -0.2) is 0 Å². The van der Waals surface area contributed by atoms with Gasteiger partial charge in [-0.15, -0.1) is 0 Å². The summed E-state index contributed by atoms with van der Waals surface area (Å²) in [6.45, 7) is 0. The summed E-state index contributed by atoms with van der Waals surface area (Å²) >= 11 is 0. The van der Waals surface area contributed by atoms with Gasteiger partial charge in [-0.3, -0.25) is 14.9 Å².